The first-order chi connectivity index (χ1) is 11.0. The van der Waals surface area contributed by atoms with Gasteiger partial charge in [0.2, 0.25) is 0 Å². The second kappa shape index (κ2) is 19.7. The van der Waals surface area contributed by atoms with Crippen LogP contribution in [-0.2, 0) is 14.3 Å². The first kappa shape index (κ1) is 36.8. The van der Waals surface area contributed by atoms with Crippen LogP contribution in [0.25, 0.3) is 0 Å². The average Bonchev–Trinajstić information content (AvgIpc) is 2.44. The molecule has 7 heteroatoms. The van der Waals surface area contributed by atoms with Crippen molar-refractivity contribution in [2.75, 3.05) is 6.61 Å². The summed E-state index contributed by atoms with van der Waals surface area (Å²) in [6, 6.07) is 0. The number of carboxylic acids is 1. The van der Waals surface area contributed by atoms with Gasteiger partial charge in [-0.25, -0.2) is 0 Å². The van der Waals surface area contributed by atoms with E-state index >= 15 is 0 Å². The number of hydrogen-bond donors (Lipinski definition) is 1. The van der Waals surface area contributed by atoms with Crippen molar-refractivity contribution in [3.8, 4) is 0 Å². The van der Waals surface area contributed by atoms with E-state index in [1.165, 1.54) is 0 Å². The van der Waals surface area contributed by atoms with Crippen LogP contribution in [0.15, 0.2) is 25.3 Å². The molecule has 6 nitrogen and oxygen atoms in total. The molecule has 27 heavy (non-hydrogen) atoms. The molecule has 0 heterocycles. The molecule has 0 fully saturated rings. The average molecular weight is 382 g/mol. The molecule has 156 valence electrons. The van der Waals surface area contributed by atoms with Crippen molar-refractivity contribution in [3.63, 3.8) is 0 Å². The Bertz CT molecular complexity index is 405. The Morgan fingerprint density at radius 1 is 0.963 bits per heavy atom. The number of carboxylic acid groups (broad SMARTS) is 1. The maximum Gasteiger partial charge on any atom is 1.00 e. The molecule has 0 saturated heterocycles. The van der Waals surface area contributed by atoms with Crippen LogP contribution in [0.4, 0.5) is 0 Å². The number of esters is 1. The minimum absolute atomic E-state index is 0. The zero-order valence-electron chi connectivity index (χ0n) is 18.1. The predicted octanol–water partition coefficient (Wildman–Crippen LogP) is 1.39. The second-order valence-electron chi connectivity index (χ2n) is 7.51. The SMILES string of the molecule is C=CCC(C)(C)CCC(=O)O.C=CCC(C)(C)CCC(=O)OCC.O.[Li+].[OH-]. The van der Waals surface area contributed by atoms with E-state index in [-0.39, 0.29) is 53.0 Å². The summed E-state index contributed by atoms with van der Waals surface area (Å²) >= 11 is 0. The van der Waals surface area contributed by atoms with E-state index in [2.05, 4.69) is 40.9 Å². The van der Waals surface area contributed by atoms with Gasteiger partial charge in [-0.05, 0) is 43.4 Å². The first-order valence-electron chi connectivity index (χ1n) is 8.59. The molecule has 0 unspecified atom stereocenters. The van der Waals surface area contributed by atoms with Crippen molar-refractivity contribution < 1.29 is 49.2 Å². The van der Waals surface area contributed by atoms with Crippen molar-refractivity contribution in [1.82, 2.24) is 0 Å². The molecule has 0 aromatic carbocycles. The third-order valence-electron chi connectivity index (χ3n) is 3.72. The maximum atomic E-state index is 11.0. The van der Waals surface area contributed by atoms with E-state index in [0.717, 1.165) is 19.3 Å². The molecule has 0 aromatic heterocycles. The molecule has 4 N–H and O–H groups in total. The summed E-state index contributed by atoms with van der Waals surface area (Å²) in [6.45, 7) is 18.0. The van der Waals surface area contributed by atoms with Crippen molar-refractivity contribution in [1.29, 1.82) is 0 Å². The van der Waals surface area contributed by atoms with Crippen molar-refractivity contribution in [2.24, 2.45) is 10.8 Å². The zero-order valence-corrected chi connectivity index (χ0v) is 18.1. The standard InChI is InChI=1S/C11H20O2.C9H16O2.Li.2H2O/c1-5-8-11(3,4)9-7-10(12)13-6-2;1-4-6-9(2,3)7-5-8(10)11;;;/h5H,1,6-9H2,2-4H3;4H,1,5-7H2,2-3H3,(H,10,11);;2*1H2/q;;+1;;/p-1. The van der Waals surface area contributed by atoms with Gasteiger partial charge in [0.1, 0.15) is 0 Å². The molecule has 0 aliphatic carbocycles. The van der Waals surface area contributed by atoms with Gasteiger partial charge in [-0.1, -0.05) is 39.8 Å². The molecule has 0 aliphatic rings. The van der Waals surface area contributed by atoms with E-state index in [4.69, 9.17) is 9.84 Å². The fourth-order valence-electron chi connectivity index (χ4n) is 2.10. The summed E-state index contributed by atoms with van der Waals surface area (Å²) in [5.41, 5.74) is 0.245. The van der Waals surface area contributed by atoms with Gasteiger partial charge in [-0.15, -0.1) is 13.2 Å². The topological polar surface area (TPSA) is 125 Å². The van der Waals surface area contributed by atoms with Gasteiger partial charge < -0.3 is 20.8 Å². The van der Waals surface area contributed by atoms with Gasteiger partial charge in [-0.3, -0.25) is 9.59 Å². The largest absolute Gasteiger partial charge is 1.00 e. The number of carbonyl (C=O) groups excluding carboxylic acids is 1. The van der Waals surface area contributed by atoms with E-state index < -0.39 is 5.97 Å². The summed E-state index contributed by atoms with van der Waals surface area (Å²) in [7, 11) is 0. The fourth-order valence-corrected chi connectivity index (χ4v) is 2.10. The summed E-state index contributed by atoms with van der Waals surface area (Å²) < 4.78 is 4.85. The molecular formula is C20H39LiO6. The quantitative estimate of drug-likeness (QED) is 0.328. The van der Waals surface area contributed by atoms with E-state index in [1.807, 2.05) is 19.1 Å². The molecular weight excluding hydrogens is 343 g/mol. The Morgan fingerprint density at radius 2 is 1.33 bits per heavy atom. The monoisotopic (exact) mass is 382 g/mol. The Labute approximate surface area is 177 Å². The van der Waals surface area contributed by atoms with Crippen LogP contribution in [-0.4, -0.2) is 34.6 Å². The molecule has 0 saturated carbocycles. The van der Waals surface area contributed by atoms with Gasteiger partial charge in [-0.2, -0.15) is 0 Å². The first-order valence-corrected chi connectivity index (χ1v) is 8.59. The Kier molecular flexibility index (Phi) is 26.8. The Balaban J connectivity index is -0.000000109. The van der Waals surface area contributed by atoms with Crippen LogP contribution >= 0.6 is 0 Å². The van der Waals surface area contributed by atoms with Gasteiger partial charge >= 0.3 is 30.8 Å². The molecule has 0 aliphatic heterocycles. The van der Waals surface area contributed by atoms with E-state index in [9.17, 15) is 9.59 Å². The van der Waals surface area contributed by atoms with Crippen molar-refractivity contribution in [2.45, 2.75) is 73.1 Å². The summed E-state index contributed by atoms with van der Waals surface area (Å²) in [6.07, 6.45) is 7.88. The summed E-state index contributed by atoms with van der Waals surface area (Å²) in [5.74, 6) is -0.818. The van der Waals surface area contributed by atoms with Crippen LogP contribution in [0.5, 0.6) is 0 Å². The zero-order chi connectivity index (χ0) is 19.2. The van der Waals surface area contributed by atoms with E-state index in [1.54, 1.807) is 0 Å². The van der Waals surface area contributed by atoms with Crippen LogP contribution in [0, 0.1) is 10.8 Å². The number of ether oxygens (including phenoxy) is 1. The van der Waals surface area contributed by atoms with Crippen molar-refractivity contribution in [3.05, 3.63) is 25.3 Å². The number of hydrogen-bond acceptors (Lipinski definition) is 4. The molecule has 0 spiro atoms. The summed E-state index contributed by atoms with van der Waals surface area (Å²) in [4.78, 5) is 21.3. The number of carbonyl (C=O) groups is 2. The minimum atomic E-state index is -0.720. The van der Waals surface area contributed by atoms with Gasteiger partial charge in [0.15, 0.2) is 0 Å². The van der Waals surface area contributed by atoms with Gasteiger partial charge in [0.25, 0.3) is 0 Å². The second-order valence-corrected chi connectivity index (χ2v) is 7.51. The van der Waals surface area contributed by atoms with Gasteiger partial charge in [0, 0.05) is 12.8 Å². The summed E-state index contributed by atoms with van der Waals surface area (Å²) in [5, 5.41) is 8.42. The fraction of sp³-hybridized carbons (Fsp3) is 0.700. The van der Waals surface area contributed by atoms with Gasteiger partial charge in [0.05, 0.1) is 6.61 Å². The normalized spacial score (nSPS) is 9.81. The smallest absolute Gasteiger partial charge is 0.870 e. The van der Waals surface area contributed by atoms with Crippen LogP contribution in [0.2, 0.25) is 0 Å². The molecule has 0 rings (SSSR count). The molecule has 0 amide bonds. The van der Waals surface area contributed by atoms with Crippen LogP contribution in [0.1, 0.15) is 73.1 Å². The third-order valence-corrected chi connectivity index (χ3v) is 3.72. The maximum absolute atomic E-state index is 11.0. The molecule has 0 atom stereocenters. The van der Waals surface area contributed by atoms with E-state index in [0.29, 0.717) is 19.4 Å². The predicted molar refractivity (Wildman–Crippen MR) is 105 cm³/mol. The van der Waals surface area contributed by atoms with Crippen LogP contribution in [0.3, 0.4) is 0 Å². The third kappa shape index (κ3) is 27.3. The molecule has 0 aromatic rings. The minimum Gasteiger partial charge on any atom is -0.870 e. The van der Waals surface area contributed by atoms with Crippen LogP contribution < -0.4 is 18.9 Å². The number of rotatable bonds is 11. The molecule has 0 radical (unpaired) electrons. The Hall–Kier alpha value is -1.06. The number of allylic oxidation sites excluding steroid dienone is 2. The number of aliphatic carboxylic acids is 1. The van der Waals surface area contributed by atoms with Crippen molar-refractivity contribution >= 4 is 11.9 Å². The Morgan fingerprint density at radius 3 is 1.63 bits per heavy atom. The molecule has 0 bridgehead atoms.